The van der Waals surface area contributed by atoms with Gasteiger partial charge in [-0.2, -0.15) is 4.39 Å². The number of hydrogen-bond donors (Lipinski definition) is 1. The summed E-state index contributed by atoms with van der Waals surface area (Å²) in [5, 5.41) is 7.60. The first kappa shape index (κ1) is 8.93. The number of carbonyl (C=O) groups is 1. The first-order valence-corrected chi connectivity index (χ1v) is 2.03. The molecule has 0 aliphatic rings. The molecular formula is C4H2F4O2. The van der Waals surface area contributed by atoms with Gasteiger partial charge in [0.1, 0.15) is 0 Å². The number of hydrogen-bond acceptors (Lipinski definition) is 1. The zero-order chi connectivity index (χ0) is 8.31. The fraction of sp³-hybridized carbons (Fsp3) is 0.250. The van der Waals surface area contributed by atoms with E-state index < -0.39 is 24.0 Å². The average Bonchev–Trinajstić information content (AvgIpc) is 1.84. The summed E-state index contributed by atoms with van der Waals surface area (Å²) in [6.45, 7) is 0. The predicted molar refractivity (Wildman–Crippen MR) is 22.9 cm³/mol. The van der Waals surface area contributed by atoms with Crippen LogP contribution in [0.3, 0.4) is 0 Å². The van der Waals surface area contributed by atoms with E-state index in [1.54, 1.807) is 0 Å². The summed E-state index contributed by atoms with van der Waals surface area (Å²) < 4.78 is 45.3. The van der Waals surface area contributed by atoms with Gasteiger partial charge in [0.05, 0.1) is 0 Å². The lowest BCUT2D eigenvalue weighted by atomic mass is 10.4. The molecule has 0 amide bonds. The van der Waals surface area contributed by atoms with Gasteiger partial charge in [0, 0.05) is 0 Å². The lowest BCUT2D eigenvalue weighted by Gasteiger charge is -1.92. The second-order valence-electron chi connectivity index (χ2n) is 1.27. The molecule has 0 aromatic heterocycles. The Morgan fingerprint density at radius 3 is 1.80 bits per heavy atom. The minimum absolute atomic E-state index is 2.34. The second kappa shape index (κ2) is 3.19. The average molecular weight is 158 g/mol. The van der Waals surface area contributed by atoms with Crippen LogP contribution in [0.25, 0.3) is 0 Å². The molecule has 0 saturated heterocycles. The number of carboxylic acids is 1. The van der Waals surface area contributed by atoms with Crippen LogP contribution in [0.2, 0.25) is 0 Å². The molecular weight excluding hydrogens is 156 g/mol. The van der Waals surface area contributed by atoms with Crippen molar-refractivity contribution >= 4 is 5.97 Å². The fourth-order valence-electron chi connectivity index (χ4n) is 0.198. The molecule has 2 nitrogen and oxygen atoms in total. The van der Waals surface area contributed by atoms with Gasteiger partial charge in [0.15, 0.2) is 0 Å². The Bertz CT molecular complexity index is 174. The molecule has 0 aliphatic carbocycles. The monoisotopic (exact) mass is 158 g/mol. The lowest BCUT2D eigenvalue weighted by Crippen LogP contribution is -2.02. The highest BCUT2D eigenvalue weighted by molar-refractivity contribution is 5.84. The first-order valence-electron chi connectivity index (χ1n) is 2.03. The zero-order valence-corrected chi connectivity index (χ0v) is 4.44. The Morgan fingerprint density at radius 1 is 1.30 bits per heavy atom. The highest BCUT2D eigenvalue weighted by Gasteiger charge is 2.21. The van der Waals surface area contributed by atoms with Crippen LogP contribution in [0.5, 0.6) is 0 Å². The topological polar surface area (TPSA) is 37.3 Å². The van der Waals surface area contributed by atoms with Crippen LogP contribution in [0.15, 0.2) is 11.7 Å². The van der Waals surface area contributed by atoms with Gasteiger partial charge >= 0.3 is 5.97 Å². The normalized spacial score (nSPS) is 13.3. The maximum atomic E-state index is 11.6. The van der Waals surface area contributed by atoms with Crippen molar-refractivity contribution in [3.8, 4) is 0 Å². The minimum Gasteiger partial charge on any atom is -0.476 e. The Hall–Kier alpha value is -1.07. The number of aliphatic carboxylic acids is 1. The molecule has 0 fully saturated rings. The number of alkyl halides is 2. The minimum atomic E-state index is -3.71. The van der Waals surface area contributed by atoms with Crippen molar-refractivity contribution in [2.45, 2.75) is 6.43 Å². The third-order valence-corrected chi connectivity index (χ3v) is 0.589. The summed E-state index contributed by atoms with van der Waals surface area (Å²) in [6, 6.07) is 0. The SMILES string of the molecule is O=C(O)C(F)=C(F)C(F)F. The summed E-state index contributed by atoms with van der Waals surface area (Å²) >= 11 is 0. The maximum absolute atomic E-state index is 11.6. The Balaban J connectivity index is 4.50. The molecule has 0 unspecified atom stereocenters. The molecule has 6 heteroatoms. The van der Waals surface area contributed by atoms with Crippen LogP contribution in [0.1, 0.15) is 0 Å². The molecule has 58 valence electrons. The number of allylic oxidation sites excluding steroid dienone is 1. The van der Waals surface area contributed by atoms with E-state index in [1.165, 1.54) is 0 Å². The smallest absolute Gasteiger partial charge is 0.367 e. The number of carboxylic acid groups (broad SMARTS) is 1. The van der Waals surface area contributed by atoms with Gasteiger partial charge in [-0.15, -0.1) is 0 Å². The number of halogens is 4. The molecule has 0 saturated carbocycles. The van der Waals surface area contributed by atoms with Gasteiger partial charge in [-0.3, -0.25) is 0 Å². The highest BCUT2D eigenvalue weighted by Crippen LogP contribution is 2.15. The van der Waals surface area contributed by atoms with Crippen molar-refractivity contribution < 1.29 is 27.5 Å². The van der Waals surface area contributed by atoms with E-state index in [9.17, 15) is 22.4 Å². The molecule has 10 heavy (non-hydrogen) atoms. The summed E-state index contributed by atoms with van der Waals surface area (Å²) in [5.74, 6) is -7.33. The van der Waals surface area contributed by atoms with E-state index in [0.29, 0.717) is 0 Å². The molecule has 0 aliphatic heterocycles. The maximum Gasteiger partial charge on any atom is 0.367 e. The van der Waals surface area contributed by atoms with E-state index in [-0.39, 0.29) is 0 Å². The van der Waals surface area contributed by atoms with Crippen LogP contribution in [0, 0.1) is 0 Å². The Kier molecular flexibility index (Phi) is 2.85. The standard InChI is InChI=1S/C4H2F4O2/c5-1(3(7)8)2(6)4(9)10/h3H,(H,9,10). The first-order chi connectivity index (χ1) is 4.46. The van der Waals surface area contributed by atoms with Crippen LogP contribution in [-0.2, 0) is 4.79 Å². The van der Waals surface area contributed by atoms with Crippen molar-refractivity contribution in [2.24, 2.45) is 0 Å². The van der Waals surface area contributed by atoms with Crippen molar-refractivity contribution in [1.29, 1.82) is 0 Å². The van der Waals surface area contributed by atoms with Crippen LogP contribution >= 0.6 is 0 Å². The molecule has 1 N–H and O–H groups in total. The van der Waals surface area contributed by atoms with Gasteiger partial charge in [-0.1, -0.05) is 0 Å². The predicted octanol–water partition coefficient (Wildman–Crippen LogP) is 1.49. The quantitative estimate of drug-likeness (QED) is 0.488. The highest BCUT2D eigenvalue weighted by atomic mass is 19.3. The van der Waals surface area contributed by atoms with Crippen LogP contribution in [0.4, 0.5) is 17.6 Å². The third-order valence-electron chi connectivity index (χ3n) is 0.589. The summed E-state index contributed by atoms with van der Waals surface area (Å²) in [5.41, 5.74) is 0. The Morgan fingerprint density at radius 2 is 1.70 bits per heavy atom. The van der Waals surface area contributed by atoms with Crippen LogP contribution in [-0.4, -0.2) is 17.5 Å². The van der Waals surface area contributed by atoms with Crippen molar-refractivity contribution in [2.75, 3.05) is 0 Å². The summed E-state index contributed by atoms with van der Waals surface area (Å²) in [6.07, 6.45) is -3.71. The van der Waals surface area contributed by atoms with E-state index in [1.807, 2.05) is 0 Å². The van der Waals surface area contributed by atoms with Gasteiger partial charge in [-0.05, 0) is 0 Å². The van der Waals surface area contributed by atoms with Gasteiger partial charge in [0.2, 0.25) is 11.7 Å². The van der Waals surface area contributed by atoms with Crippen molar-refractivity contribution in [3.63, 3.8) is 0 Å². The summed E-state index contributed by atoms with van der Waals surface area (Å²) in [7, 11) is 0. The molecule has 0 aromatic carbocycles. The molecule has 0 radical (unpaired) electrons. The van der Waals surface area contributed by atoms with E-state index in [2.05, 4.69) is 0 Å². The largest absolute Gasteiger partial charge is 0.476 e. The van der Waals surface area contributed by atoms with Crippen molar-refractivity contribution in [1.82, 2.24) is 0 Å². The zero-order valence-electron chi connectivity index (χ0n) is 4.44. The van der Waals surface area contributed by atoms with Crippen molar-refractivity contribution in [3.05, 3.63) is 11.7 Å². The second-order valence-corrected chi connectivity index (χ2v) is 1.27. The van der Waals surface area contributed by atoms with Crippen LogP contribution < -0.4 is 0 Å². The van der Waals surface area contributed by atoms with Gasteiger partial charge < -0.3 is 5.11 Å². The number of rotatable bonds is 2. The molecule has 0 bridgehead atoms. The molecule has 0 spiro atoms. The lowest BCUT2D eigenvalue weighted by molar-refractivity contribution is -0.134. The van der Waals surface area contributed by atoms with E-state index >= 15 is 0 Å². The van der Waals surface area contributed by atoms with Gasteiger partial charge in [-0.25, -0.2) is 18.0 Å². The van der Waals surface area contributed by atoms with E-state index in [0.717, 1.165) is 0 Å². The molecule has 0 heterocycles. The summed E-state index contributed by atoms with van der Waals surface area (Å²) in [4.78, 5) is 9.44. The van der Waals surface area contributed by atoms with E-state index in [4.69, 9.17) is 5.11 Å². The molecule has 0 rings (SSSR count). The van der Waals surface area contributed by atoms with Gasteiger partial charge in [0.25, 0.3) is 6.43 Å². The third kappa shape index (κ3) is 2.04. The fourth-order valence-corrected chi connectivity index (χ4v) is 0.198. The Labute approximate surface area is 52.8 Å². The molecule has 0 atom stereocenters. The molecule has 0 aromatic rings.